The topological polar surface area (TPSA) is 52.2 Å². The number of H-pyrrole nitrogens is 1. The summed E-state index contributed by atoms with van der Waals surface area (Å²) < 4.78 is 28.1. The average molecular weight is 410 g/mol. The number of amides is 1. The molecule has 1 N–H and O–H groups in total. The lowest BCUT2D eigenvalue weighted by atomic mass is 9.96. The van der Waals surface area contributed by atoms with Gasteiger partial charge in [-0.15, -0.1) is 0 Å². The van der Waals surface area contributed by atoms with Gasteiger partial charge in [-0.3, -0.25) is 4.79 Å². The van der Waals surface area contributed by atoms with Gasteiger partial charge in [-0.1, -0.05) is 0 Å². The number of aromatic amines is 1. The Hall–Kier alpha value is -2.96. The number of fused-ring (bicyclic) bond motifs is 1. The number of hydrogen-bond donors (Lipinski definition) is 1. The van der Waals surface area contributed by atoms with Crippen LogP contribution in [0.25, 0.3) is 22.4 Å². The second kappa shape index (κ2) is 7.70. The number of benzene rings is 2. The minimum absolute atomic E-state index is 0.0143. The van der Waals surface area contributed by atoms with E-state index in [2.05, 4.69) is 14.9 Å². The van der Waals surface area contributed by atoms with Crippen LogP contribution >= 0.6 is 0 Å². The Kier molecular flexibility index (Phi) is 4.89. The minimum atomic E-state index is -0.389. The number of nitrogens with zero attached hydrogens (tertiary/aromatic N) is 3. The van der Waals surface area contributed by atoms with Gasteiger partial charge in [0.1, 0.15) is 17.5 Å². The van der Waals surface area contributed by atoms with E-state index in [-0.39, 0.29) is 23.5 Å². The number of rotatable bonds is 3. The second-order valence-corrected chi connectivity index (χ2v) is 8.23. The van der Waals surface area contributed by atoms with Gasteiger partial charge < -0.3 is 14.8 Å². The van der Waals surface area contributed by atoms with Crippen molar-refractivity contribution >= 4 is 22.6 Å². The van der Waals surface area contributed by atoms with Crippen molar-refractivity contribution in [3.05, 3.63) is 48.0 Å². The fourth-order valence-electron chi connectivity index (χ4n) is 4.61. The molecule has 1 aromatic heterocycles. The molecule has 2 fully saturated rings. The van der Waals surface area contributed by atoms with Crippen molar-refractivity contribution < 1.29 is 13.6 Å². The number of nitrogens with one attached hydrogen (secondary N) is 1. The maximum absolute atomic E-state index is 14.6. The van der Waals surface area contributed by atoms with Crippen LogP contribution in [0.3, 0.4) is 0 Å². The van der Waals surface area contributed by atoms with Gasteiger partial charge in [0, 0.05) is 31.9 Å². The first-order chi connectivity index (χ1) is 14.6. The van der Waals surface area contributed by atoms with Crippen LogP contribution in [-0.2, 0) is 4.79 Å². The Morgan fingerprint density at radius 2 is 1.87 bits per heavy atom. The SMILES string of the molecule is O=C([C@H]1CCCN(c2ccc(F)c(-c3nc4ccc(F)cc4[nH]3)c2)C1)N1CCCC1. The van der Waals surface area contributed by atoms with Crippen molar-refractivity contribution in [2.45, 2.75) is 25.7 Å². The van der Waals surface area contributed by atoms with Crippen molar-refractivity contribution in [3.8, 4) is 11.4 Å². The van der Waals surface area contributed by atoms with Crippen LogP contribution in [0.4, 0.5) is 14.5 Å². The van der Waals surface area contributed by atoms with Gasteiger partial charge in [-0.2, -0.15) is 0 Å². The lowest BCUT2D eigenvalue weighted by molar-refractivity contribution is -0.134. The summed E-state index contributed by atoms with van der Waals surface area (Å²) in [5.74, 6) is -0.149. The lowest BCUT2D eigenvalue weighted by Crippen LogP contribution is -2.44. The van der Waals surface area contributed by atoms with Gasteiger partial charge in [-0.25, -0.2) is 13.8 Å². The Balaban J connectivity index is 1.41. The van der Waals surface area contributed by atoms with E-state index in [0.717, 1.165) is 51.0 Å². The minimum Gasteiger partial charge on any atom is -0.371 e. The van der Waals surface area contributed by atoms with Gasteiger partial charge in [0.2, 0.25) is 5.91 Å². The third-order valence-electron chi connectivity index (χ3n) is 6.20. The number of aromatic nitrogens is 2. The average Bonchev–Trinajstić information content (AvgIpc) is 3.43. The van der Waals surface area contributed by atoms with Crippen molar-refractivity contribution in [3.63, 3.8) is 0 Å². The van der Waals surface area contributed by atoms with Crippen LogP contribution in [0.2, 0.25) is 0 Å². The van der Waals surface area contributed by atoms with Crippen molar-refractivity contribution in [2.75, 3.05) is 31.1 Å². The molecule has 0 radical (unpaired) electrons. The summed E-state index contributed by atoms with van der Waals surface area (Å²) in [6, 6.07) is 9.23. The first kappa shape index (κ1) is 19.0. The molecule has 2 aliphatic rings. The predicted molar refractivity (Wildman–Crippen MR) is 112 cm³/mol. The highest BCUT2D eigenvalue weighted by molar-refractivity contribution is 5.81. The van der Waals surface area contributed by atoms with Crippen LogP contribution in [0, 0.1) is 17.6 Å². The molecular weight excluding hydrogens is 386 g/mol. The summed E-state index contributed by atoms with van der Waals surface area (Å²) in [5, 5.41) is 0. The zero-order valence-corrected chi connectivity index (χ0v) is 16.7. The summed E-state index contributed by atoms with van der Waals surface area (Å²) >= 11 is 0. The highest BCUT2D eigenvalue weighted by Crippen LogP contribution is 2.31. The molecule has 0 bridgehead atoms. The molecule has 0 aliphatic carbocycles. The molecule has 30 heavy (non-hydrogen) atoms. The molecule has 0 saturated carbocycles. The zero-order valence-electron chi connectivity index (χ0n) is 16.7. The van der Waals surface area contributed by atoms with E-state index >= 15 is 0 Å². The van der Waals surface area contributed by atoms with Gasteiger partial charge in [-0.05, 0) is 62.1 Å². The first-order valence-electron chi connectivity index (χ1n) is 10.6. The largest absolute Gasteiger partial charge is 0.371 e. The molecule has 3 aromatic rings. The van der Waals surface area contributed by atoms with Gasteiger partial charge in [0.05, 0.1) is 22.5 Å². The number of carbonyl (C=O) groups is 1. The van der Waals surface area contributed by atoms with E-state index in [0.29, 0.717) is 29.0 Å². The Morgan fingerprint density at radius 3 is 2.70 bits per heavy atom. The van der Waals surface area contributed by atoms with Crippen LogP contribution in [0.15, 0.2) is 36.4 Å². The van der Waals surface area contributed by atoms with Gasteiger partial charge in [0.15, 0.2) is 0 Å². The van der Waals surface area contributed by atoms with Crippen LogP contribution < -0.4 is 4.90 Å². The van der Waals surface area contributed by atoms with Crippen LogP contribution in [-0.4, -0.2) is 47.0 Å². The van der Waals surface area contributed by atoms with Crippen molar-refractivity contribution in [1.29, 1.82) is 0 Å². The molecule has 1 atom stereocenters. The van der Waals surface area contributed by atoms with Crippen molar-refractivity contribution in [1.82, 2.24) is 14.9 Å². The molecule has 0 unspecified atom stereocenters. The molecule has 5 rings (SSSR count). The lowest BCUT2D eigenvalue weighted by Gasteiger charge is -2.35. The summed E-state index contributed by atoms with van der Waals surface area (Å²) in [4.78, 5) is 24.4. The fraction of sp³-hybridized carbons (Fsp3) is 0.391. The van der Waals surface area contributed by atoms with Crippen LogP contribution in [0.1, 0.15) is 25.7 Å². The molecule has 3 heterocycles. The third kappa shape index (κ3) is 3.53. The summed E-state index contributed by atoms with van der Waals surface area (Å²) in [6.45, 7) is 3.21. The second-order valence-electron chi connectivity index (χ2n) is 8.23. The molecule has 1 amide bonds. The number of piperidine rings is 1. The normalized spacial score (nSPS) is 19.6. The highest BCUT2D eigenvalue weighted by atomic mass is 19.1. The summed E-state index contributed by atoms with van der Waals surface area (Å²) in [5.41, 5.74) is 2.34. The van der Waals surface area contributed by atoms with E-state index in [1.54, 1.807) is 18.2 Å². The molecule has 2 aliphatic heterocycles. The monoisotopic (exact) mass is 410 g/mol. The first-order valence-corrected chi connectivity index (χ1v) is 10.6. The molecule has 2 aromatic carbocycles. The molecular formula is C23H24F2N4O. The summed E-state index contributed by atoms with van der Waals surface area (Å²) in [7, 11) is 0. The number of likely N-dealkylation sites (tertiary alicyclic amines) is 1. The number of carbonyl (C=O) groups excluding carboxylic acids is 1. The number of imidazole rings is 1. The standard InChI is InChI=1S/C23H24F2N4O/c24-16-5-8-20-21(12-16)27-22(26-20)18-13-17(6-7-19(18)25)29-11-3-4-15(14-29)23(30)28-9-1-2-10-28/h5-8,12-13,15H,1-4,9-11,14H2,(H,26,27)/t15-/m0/s1. The van der Waals surface area contributed by atoms with E-state index in [4.69, 9.17) is 0 Å². The number of hydrogen-bond acceptors (Lipinski definition) is 3. The zero-order chi connectivity index (χ0) is 20.7. The van der Waals surface area contributed by atoms with Crippen molar-refractivity contribution in [2.24, 2.45) is 5.92 Å². The number of halogens is 2. The quantitative estimate of drug-likeness (QED) is 0.699. The molecule has 2 saturated heterocycles. The third-order valence-corrected chi connectivity index (χ3v) is 6.20. The van der Waals surface area contributed by atoms with E-state index in [1.165, 1.54) is 18.2 Å². The van der Waals surface area contributed by atoms with E-state index < -0.39 is 0 Å². The number of anilines is 1. The molecule has 5 nitrogen and oxygen atoms in total. The molecule has 7 heteroatoms. The fourth-order valence-corrected chi connectivity index (χ4v) is 4.61. The molecule has 0 spiro atoms. The van der Waals surface area contributed by atoms with Gasteiger partial charge >= 0.3 is 0 Å². The van der Waals surface area contributed by atoms with E-state index in [1.807, 2.05) is 4.90 Å². The van der Waals surface area contributed by atoms with Crippen LogP contribution in [0.5, 0.6) is 0 Å². The Bertz CT molecular complexity index is 1090. The predicted octanol–water partition coefficient (Wildman–Crippen LogP) is 4.35. The summed E-state index contributed by atoms with van der Waals surface area (Å²) in [6.07, 6.45) is 4.01. The molecule has 156 valence electrons. The van der Waals surface area contributed by atoms with E-state index in [9.17, 15) is 13.6 Å². The Labute approximate surface area is 173 Å². The van der Waals surface area contributed by atoms with Gasteiger partial charge in [0.25, 0.3) is 0 Å². The maximum atomic E-state index is 14.6. The highest BCUT2D eigenvalue weighted by Gasteiger charge is 2.31. The Morgan fingerprint density at radius 1 is 1.03 bits per heavy atom. The smallest absolute Gasteiger partial charge is 0.227 e. The maximum Gasteiger partial charge on any atom is 0.227 e.